The lowest BCUT2D eigenvalue weighted by molar-refractivity contribution is 0.282. The molecule has 1 aromatic heterocycles. The molecule has 0 amide bonds. The number of aliphatic hydroxyl groups is 1. The van der Waals surface area contributed by atoms with Crippen LogP contribution in [0, 0.1) is 0 Å². The van der Waals surface area contributed by atoms with Crippen LogP contribution >= 0.6 is 0 Å². The van der Waals surface area contributed by atoms with E-state index in [0.29, 0.717) is 6.04 Å². The van der Waals surface area contributed by atoms with Gasteiger partial charge in [-0.05, 0) is 26.6 Å². The van der Waals surface area contributed by atoms with Crippen LogP contribution < -0.4 is 4.90 Å². The molecule has 2 heterocycles. The molecule has 0 aliphatic carbocycles. The van der Waals surface area contributed by atoms with Crippen LogP contribution in [0.5, 0.6) is 0 Å². The summed E-state index contributed by atoms with van der Waals surface area (Å²) in [4.78, 5) is 8.71. The number of aromatic nitrogens is 1. The van der Waals surface area contributed by atoms with Crippen molar-refractivity contribution >= 4 is 5.69 Å². The molecule has 4 nitrogen and oxygen atoms in total. The molecular weight excluding hydrogens is 202 g/mol. The number of rotatable bonds is 3. The molecule has 88 valence electrons. The summed E-state index contributed by atoms with van der Waals surface area (Å²) in [6.45, 7) is 2.15. The van der Waals surface area contributed by atoms with E-state index >= 15 is 0 Å². The lowest BCUT2D eigenvalue weighted by Gasteiger charge is -2.23. The lowest BCUT2D eigenvalue weighted by atomic mass is 10.2. The van der Waals surface area contributed by atoms with Crippen LogP contribution in [0.15, 0.2) is 18.5 Å². The summed E-state index contributed by atoms with van der Waals surface area (Å²) in [5.41, 5.74) is 2.05. The first-order valence-electron chi connectivity index (χ1n) is 5.67. The molecule has 1 fully saturated rings. The van der Waals surface area contributed by atoms with E-state index in [-0.39, 0.29) is 6.61 Å². The van der Waals surface area contributed by atoms with Gasteiger partial charge in [-0.1, -0.05) is 0 Å². The minimum absolute atomic E-state index is 0.0843. The van der Waals surface area contributed by atoms with Crippen molar-refractivity contribution in [3.63, 3.8) is 0 Å². The SMILES string of the molecule is CN(C)C1CCN(c2cnccc2CO)C1. The van der Waals surface area contributed by atoms with Crippen LogP contribution in [0.4, 0.5) is 5.69 Å². The molecular formula is C12H19N3O. The third-order valence-corrected chi connectivity index (χ3v) is 3.29. The average molecular weight is 221 g/mol. The van der Waals surface area contributed by atoms with E-state index in [9.17, 15) is 5.11 Å². The summed E-state index contributed by atoms with van der Waals surface area (Å²) in [5.74, 6) is 0. The van der Waals surface area contributed by atoms with Gasteiger partial charge in [-0.15, -0.1) is 0 Å². The maximum atomic E-state index is 9.29. The molecule has 0 aromatic carbocycles. The molecule has 16 heavy (non-hydrogen) atoms. The fraction of sp³-hybridized carbons (Fsp3) is 0.583. The molecule has 0 saturated carbocycles. The van der Waals surface area contributed by atoms with Crippen LogP contribution in [0.1, 0.15) is 12.0 Å². The number of hydrogen-bond donors (Lipinski definition) is 1. The predicted octanol–water partition coefficient (Wildman–Crippen LogP) is 0.714. The Kier molecular flexibility index (Phi) is 3.41. The number of likely N-dealkylation sites (N-methyl/N-ethyl adjacent to an activating group) is 1. The Morgan fingerprint density at radius 3 is 3.00 bits per heavy atom. The minimum Gasteiger partial charge on any atom is -0.392 e. The van der Waals surface area contributed by atoms with Crippen molar-refractivity contribution in [3.8, 4) is 0 Å². The summed E-state index contributed by atoms with van der Waals surface area (Å²) in [5, 5.41) is 9.29. The summed E-state index contributed by atoms with van der Waals surface area (Å²) < 4.78 is 0. The molecule has 0 spiro atoms. The fourth-order valence-corrected chi connectivity index (χ4v) is 2.22. The fourth-order valence-electron chi connectivity index (χ4n) is 2.22. The first-order chi connectivity index (χ1) is 7.72. The van der Waals surface area contributed by atoms with Crippen LogP contribution in [0.2, 0.25) is 0 Å². The van der Waals surface area contributed by atoms with Gasteiger partial charge in [0.25, 0.3) is 0 Å². The monoisotopic (exact) mass is 221 g/mol. The van der Waals surface area contributed by atoms with E-state index in [4.69, 9.17) is 0 Å². The number of aliphatic hydroxyl groups excluding tert-OH is 1. The normalized spacial score (nSPS) is 20.8. The van der Waals surface area contributed by atoms with E-state index in [2.05, 4.69) is 28.9 Å². The van der Waals surface area contributed by atoms with E-state index in [1.54, 1.807) is 6.20 Å². The second kappa shape index (κ2) is 4.80. The summed E-state index contributed by atoms with van der Waals surface area (Å²) in [6.07, 6.45) is 4.75. The Morgan fingerprint density at radius 2 is 2.38 bits per heavy atom. The molecule has 1 N–H and O–H groups in total. The first kappa shape index (κ1) is 11.4. The summed E-state index contributed by atoms with van der Waals surface area (Å²) >= 11 is 0. The standard InChI is InChI=1S/C12H19N3O/c1-14(2)11-4-6-15(8-11)12-7-13-5-3-10(12)9-16/h3,5,7,11,16H,4,6,8-9H2,1-2H3. The van der Waals surface area contributed by atoms with Crippen molar-refractivity contribution in [1.29, 1.82) is 0 Å². The van der Waals surface area contributed by atoms with Crippen molar-refractivity contribution in [2.75, 3.05) is 32.1 Å². The Bertz CT molecular complexity index is 354. The topological polar surface area (TPSA) is 39.6 Å². The molecule has 1 atom stereocenters. The smallest absolute Gasteiger partial charge is 0.0703 e. The Labute approximate surface area is 96.5 Å². The maximum absolute atomic E-state index is 9.29. The minimum atomic E-state index is 0.0843. The second-order valence-electron chi connectivity index (χ2n) is 4.51. The Morgan fingerprint density at radius 1 is 1.56 bits per heavy atom. The van der Waals surface area contributed by atoms with Gasteiger partial charge in [0.15, 0.2) is 0 Å². The van der Waals surface area contributed by atoms with Crippen LogP contribution in [-0.4, -0.2) is 48.2 Å². The predicted molar refractivity (Wildman–Crippen MR) is 64.5 cm³/mol. The highest BCUT2D eigenvalue weighted by Gasteiger charge is 2.25. The highest BCUT2D eigenvalue weighted by molar-refractivity contribution is 5.52. The average Bonchev–Trinajstić information content (AvgIpc) is 2.78. The molecule has 1 unspecified atom stereocenters. The van der Waals surface area contributed by atoms with Crippen molar-refractivity contribution in [2.24, 2.45) is 0 Å². The van der Waals surface area contributed by atoms with Crippen LogP contribution in [0.25, 0.3) is 0 Å². The lowest BCUT2D eigenvalue weighted by Crippen LogP contribution is -2.31. The highest BCUT2D eigenvalue weighted by Crippen LogP contribution is 2.24. The van der Waals surface area contributed by atoms with Crippen LogP contribution in [0.3, 0.4) is 0 Å². The Balaban J connectivity index is 2.14. The van der Waals surface area contributed by atoms with Gasteiger partial charge >= 0.3 is 0 Å². The summed E-state index contributed by atoms with van der Waals surface area (Å²) in [7, 11) is 4.23. The molecule has 1 saturated heterocycles. The van der Waals surface area contributed by atoms with E-state index < -0.39 is 0 Å². The van der Waals surface area contributed by atoms with E-state index in [0.717, 1.165) is 24.3 Å². The van der Waals surface area contributed by atoms with Gasteiger partial charge in [0.2, 0.25) is 0 Å². The number of hydrogen-bond acceptors (Lipinski definition) is 4. The third kappa shape index (κ3) is 2.18. The van der Waals surface area contributed by atoms with Gasteiger partial charge < -0.3 is 14.9 Å². The second-order valence-corrected chi connectivity index (χ2v) is 4.51. The third-order valence-electron chi connectivity index (χ3n) is 3.29. The van der Waals surface area contributed by atoms with Gasteiger partial charge in [-0.3, -0.25) is 4.98 Å². The zero-order valence-electron chi connectivity index (χ0n) is 9.93. The zero-order valence-corrected chi connectivity index (χ0v) is 9.93. The van der Waals surface area contributed by atoms with Crippen molar-refractivity contribution in [1.82, 2.24) is 9.88 Å². The number of nitrogens with zero attached hydrogens (tertiary/aromatic N) is 3. The first-order valence-corrected chi connectivity index (χ1v) is 5.67. The zero-order chi connectivity index (χ0) is 11.5. The Hall–Kier alpha value is -1.13. The molecule has 1 aromatic rings. The summed E-state index contributed by atoms with van der Waals surface area (Å²) in [6, 6.07) is 2.49. The quantitative estimate of drug-likeness (QED) is 0.816. The number of anilines is 1. The van der Waals surface area contributed by atoms with Crippen LogP contribution in [-0.2, 0) is 6.61 Å². The largest absolute Gasteiger partial charge is 0.392 e. The molecule has 0 radical (unpaired) electrons. The molecule has 1 aliphatic heterocycles. The van der Waals surface area contributed by atoms with Gasteiger partial charge in [-0.2, -0.15) is 0 Å². The van der Waals surface area contributed by atoms with E-state index in [1.165, 1.54) is 6.42 Å². The van der Waals surface area contributed by atoms with Gasteiger partial charge in [-0.25, -0.2) is 0 Å². The maximum Gasteiger partial charge on any atom is 0.0703 e. The van der Waals surface area contributed by atoms with Crippen molar-refractivity contribution < 1.29 is 5.11 Å². The number of pyridine rings is 1. The van der Waals surface area contributed by atoms with E-state index in [1.807, 2.05) is 12.3 Å². The molecule has 2 rings (SSSR count). The van der Waals surface area contributed by atoms with Gasteiger partial charge in [0, 0.05) is 30.9 Å². The van der Waals surface area contributed by atoms with Crippen molar-refractivity contribution in [3.05, 3.63) is 24.0 Å². The highest BCUT2D eigenvalue weighted by atomic mass is 16.3. The van der Waals surface area contributed by atoms with Gasteiger partial charge in [0.1, 0.15) is 0 Å². The molecule has 4 heteroatoms. The molecule has 1 aliphatic rings. The van der Waals surface area contributed by atoms with Crippen molar-refractivity contribution in [2.45, 2.75) is 19.1 Å². The molecule has 0 bridgehead atoms. The van der Waals surface area contributed by atoms with Gasteiger partial charge in [0.05, 0.1) is 18.5 Å².